The molecule has 0 bridgehead atoms. The van der Waals surface area contributed by atoms with Crippen LogP contribution in [0.5, 0.6) is 11.5 Å². The van der Waals surface area contributed by atoms with Crippen molar-refractivity contribution in [1.82, 2.24) is 25.0 Å². The number of rotatable bonds is 11. The molecule has 12 nitrogen and oxygen atoms in total. The van der Waals surface area contributed by atoms with E-state index in [2.05, 4.69) is 10.3 Å². The van der Waals surface area contributed by atoms with Crippen molar-refractivity contribution < 1.29 is 32.6 Å². The summed E-state index contributed by atoms with van der Waals surface area (Å²) in [6, 6.07) is 0.796. The molecular formula is C34H43F2N7O5. The Balaban J connectivity index is 1.48. The number of pyridine rings is 1. The Bertz CT molecular complexity index is 1730. The maximum absolute atomic E-state index is 15.7. The third-order valence-electron chi connectivity index (χ3n) is 8.93. The zero-order chi connectivity index (χ0) is 34.3. The largest absolute Gasteiger partial charge is 0.494 e. The molecule has 48 heavy (non-hydrogen) atoms. The predicted octanol–water partition coefficient (Wildman–Crippen LogP) is 5.07. The zero-order valence-corrected chi connectivity index (χ0v) is 28.1. The van der Waals surface area contributed by atoms with Crippen LogP contribution in [0.4, 0.5) is 19.4 Å². The molecule has 14 heteroatoms. The molecule has 2 amide bonds. The van der Waals surface area contributed by atoms with Gasteiger partial charge in [0.05, 0.1) is 42.4 Å². The summed E-state index contributed by atoms with van der Waals surface area (Å²) < 4.78 is 49.1. The number of nitrogens with zero attached hydrogens (tertiary/aromatic N) is 5. The number of aliphatic imine (C=N–C) groups is 1. The van der Waals surface area contributed by atoms with E-state index in [1.807, 2.05) is 0 Å². The fourth-order valence-electron chi connectivity index (χ4n) is 5.93. The van der Waals surface area contributed by atoms with E-state index in [0.29, 0.717) is 48.8 Å². The minimum atomic E-state index is -0.881. The molecule has 1 aliphatic heterocycles. The van der Waals surface area contributed by atoms with E-state index >= 15 is 8.78 Å². The van der Waals surface area contributed by atoms with Gasteiger partial charge in [0.2, 0.25) is 0 Å². The van der Waals surface area contributed by atoms with Crippen LogP contribution in [0.3, 0.4) is 0 Å². The van der Waals surface area contributed by atoms with Gasteiger partial charge in [-0.05, 0) is 64.7 Å². The van der Waals surface area contributed by atoms with Crippen LogP contribution >= 0.6 is 0 Å². The number of hydrogen-bond acceptors (Lipinski definition) is 9. The van der Waals surface area contributed by atoms with Crippen molar-refractivity contribution in [2.24, 2.45) is 16.8 Å². The molecule has 1 aromatic carbocycles. The number of nitrogens with two attached hydrogens (primary N) is 1. The number of carbonyl (C=O) groups is 2. The van der Waals surface area contributed by atoms with E-state index in [0.717, 1.165) is 31.7 Å². The molecule has 2 aromatic heterocycles. The normalized spacial score (nSPS) is 18.4. The molecule has 0 radical (unpaired) electrons. The van der Waals surface area contributed by atoms with E-state index in [-0.39, 0.29) is 64.8 Å². The lowest BCUT2D eigenvalue weighted by Crippen LogP contribution is -2.35. The Morgan fingerprint density at radius 2 is 1.73 bits per heavy atom. The standard InChI is InChI=1S/C34H43F2N7O5/c1-34(2,3)48-33(45)42-11-10-20(17-42)43-30-22(32(44)40-15-19-8-9-19)16-39-31(37)26(30)29(41-43)23(38-14-18-6-7-18)12-21-27(35)24(46-4)13-25(47-5)28(21)36/h13,16,18-20H,6-12,14-15,17H2,1-5H3,(H2,37,39)(H,40,44)/t20-/m0/s1. The smallest absolute Gasteiger partial charge is 0.410 e. The van der Waals surface area contributed by atoms with Gasteiger partial charge in [0.1, 0.15) is 17.1 Å². The number of halogens is 2. The molecule has 6 rings (SSSR count). The van der Waals surface area contributed by atoms with Gasteiger partial charge in [0, 0.05) is 50.4 Å². The molecule has 3 fully saturated rings. The molecule has 3 N–H and O–H groups in total. The van der Waals surface area contributed by atoms with Crippen molar-refractivity contribution in [3.8, 4) is 11.5 Å². The van der Waals surface area contributed by atoms with Gasteiger partial charge in [-0.2, -0.15) is 5.10 Å². The molecule has 0 unspecified atom stereocenters. The second-order valence-electron chi connectivity index (χ2n) is 13.9. The quantitative estimate of drug-likeness (QED) is 0.270. The Kier molecular flexibility index (Phi) is 9.18. The van der Waals surface area contributed by atoms with Crippen molar-refractivity contribution in [3.63, 3.8) is 0 Å². The summed E-state index contributed by atoms with van der Waals surface area (Å²) in [6.45, 7) is 7.05. The van der Waals surface area contributed by atoms with Gasteiger partial charge in [-0.25, -0.2) is 18.6 Å². The first-order valence-corrected chi connectivity index (χ1v) is 16.4. The SMILES string of the molecule is COc1cc(OC)c(F)c(CC(=NCC2CC2)c2nn([C@H]3CCN(C(=O)OC(C)(C)C)C3)c3c(C(=O)NCC4CC4)cnc(N)c23)c1F. The molecule has 3 heterocycles. The molecule has 3 aromatic rings. The monoisotopic (exact) mass is 667 g/mol. The number of benzene rings is 1. The van der Waals surface area contributed by atoms with E-state index in [4.69, 9.17) is 30.0 Å². The third kappa shape index (κ3) is 7.02. The highest BCUT2D eigenvalue weighted by Crippen LogP contribution is 2.37. The number of nitrogen functional groups attached to an aromatic ring is 1. The second-order valence-corrected chi connectivity index (χ2v) is 13.9. The van der Waals surface area contributed by atoms with E-state index in [9.17, 15) is 9.59 Å². The van der Waals surface area contributed by atoms with Crippen LogP contribution in [0, 0.1) is 23.5 Å². The molecule has 3 aliphatic rings. The van der Waals surface area contributed by atoms with E-state index in [1.54, 1.807) is 30.4 Å². The number of anilines is 1. The number of ether oxygens (including phenoxy) is 3. The first-order valence-electron chi connectivity index (χ1n) is 16.4. The Labute approximate surface area is 278 Å². The lowest BCUT2D eigenvalue weighted by atomic mass is 10.0. The Hall–Kier alpha value is -4.49. The highest BCUT2D eigenvalue weighted by molar-refractivity contribution is 6.17. The van der Waals surface area contributed by atoms with Crippen molar-refractivity contribution >= 4 is 34.4 Å². The van der Waals surface area contributed by atoms with Crippen LogP contribution in [0.1, 0.15) is 80.5 Å². The van der Waals surface area contributed by atoms with Gasteiger partial charge in [0.25, 0.3) is 5.91 Å². The number of fused-ring (bicyclic) bond motifs is 1. The van der Waals surface area contributed by atoms with E-state index < -0.39 is 23.3 Å². The second kappa shape index (κ2) is 13.2. The highest BCUT2D eigenvalue weighted by Gasteiger charge is 2.35. The van der Waals surface area contributed by atoms with Crippen molar-refractivity contribution in [2.75, 3.05) is 46.1 Å². The van der Waals surface area contributed by atoms with Crippen LogP contribution in [-0.4, -0.2) is 83.4 Å². The number of carbonyl (C=O) groups excluding carboxylic acids is 2. The van der Waals surface area contributed by atoms with Crippen LogP contribution in [0.2, 0.25) is 0 Å². The van der Waals surface area contributed by atoms with Gasteiger partial charge in [-0.15, -0.1) is 0 Å². The summed E-state index contributed by atoms with van der Waals surface area (Å²) in [5, 5.41) is 8.35. The summed E-state index contributed by atoms with van der Waals surface area (Å²) in [7, 11) is 2.59. The fourth-order valence-corrected chi connectivity index (χ4v) is 5.93. The van der Waals surface area contributed by atoms with Gasteiger partial charge in [-0.1, -0.05) is 0 Å². The van der Waals surface area contributed by atoms with Crippen molar-refractivity contribution in [3.05, 3.63) is 40.7 Å². The third-order valence-corrected chi connectivity index (χ3v) is 8.93. The summed E-state index contributed by atoms with van der Waals surface area (Å²) >= 11 is 0. The minimum absolute atomic E-state index is 0.0928. The van der Waals surface area contributed by atoms with Crippen LogP contribution in [0.25, 0.3) is 10.9 Å². The summed E-state index contributed by atoms with van der Waals surface area (Å²) in [4.78, 5) is 37.5. The predicted molar refractivity (Wildman–Crippen MR) is 176 cm³/mol. The molecule has 2 saturated carbocycles. The maximum atomic E-state index is 15.7. The average Bonchev–Trinajstić information content (AvgIpc) is 3.96. The van der Waals surface area contributed by atoms with Crippen LogP contribution in [-0.2, 0) is 11.2 Å². The van der Waals surface area contributed by atoms with E-state index in [1.165, 1.54) is 20.4 Å². The topological polar surface area (TPSA) is 146 Å². The van der Waals surface area contributed by atoms with Gasteiger partial charge >= 0.3 is 6.09 Å². The molecule has 2 aliphatic carbocycles. The van der Waals surface area contributed by atoms with Gasteiger partial charge < -0.3 is 30.2 Å². The maximum Gasteiger partial charge on any atom is 0.410 e. The molecule has 0 spiro atoms. The zero-order valence-electron chi connectivity index (χ0n) is 28.1. The summed E-state index contributed by atoms with van der Waals surface area (Å²) in [6.07, 6.45) is 5.32. The molecule has 1 saturated heterocycles. The highest BCUT2D eigenvalue weighted by atomic mass is 19.1. The number of amides is 2. The number of likely N-dealkylation sites (tertiary alicyclic amines) is 1. The summed E-state index contributed by atoms with van der Waals surface area (Å²) in [5.41, 5.74) is 6.80. The first kappa shape index (κ1) is 33.4. The Morgan fingerprint density at radius 3 is 2.33 bits per heavy atom. The van der Waals surface area contributed by atoms with Crippen LogP contribution < -0.4 is 20.5 Å². The number of methoxy groups -OCH3 is 2. The number of nitrogens with one attached hydrogen (secondary N) is 1. The Morgan fingerprint density at radius 1 is 1.06 bits per heavy atom. The molecule has 258 valence electrons. The summed E-state index contributed by atoms with van der Waals surface area (Å²) in [5.74, 6) is -1.57. The fraction of sp³-hybridized carbons (Fsp3) is 0.559. The first-order chi connectivity index (χ1) is 22.9. The van der Waals surface area contributed by atoms with Gasteiger partial charge in [-0.3, -0.25) is 14.5 Å². The van der Waals surface area contributed by atoms with Crippen LogP contribution in [0.15, 0.2) is 17.3 Å². The molecule has 1 atom stereocenters. The molecular weight excluding hydrogens is 624 g/mol. The van der Waals surface area contributed by atoms with Crippen molar-refractivity contribution in [2.45, 2.75) is 70.9 Å². The minimum Gasteiger partial charge on any atom is -0.494 e. The lowest BCUT2D eigenvalue weighted by Gasteiger charge is -2.24. The van der Waals surface area contributed by atoms with Gasteiger partial charge in [0.15, 0.2) is 23.1 Å². The lowest BCUT2D eigenvalue weighted by molar-refractivity contribution is 0.0288. The number of hydrogen-bond donors (Lipinski definition) is 2. The number of aromatic nitrogens is 3. The van der Waals surface area contributed by atoms with Crippen molar-refractivity contribution in [1.29, 1.82) is 0 Å². The average molecular weight is 668 g/mol.